The van der Waals surface area contributed by atoms with Crippen molar-refractivity contribution >= 4 is 21.6 Å². The van der Waals surface area contributed by atoms with Crippen molar-refractivity contribution in [3.8, 4) is 11.5 Å². The highest BCUT2D eigenvalue weighted by Gasteiger charge is 2.10. The quantitative estimate of drug-likeness (QED) is 0.814. The van der Waals surface area contributed by atoms with Gasteiger partial charge in [-0.15, -0.1) is 0 Å². The molecule has 0 spiro atoms. The fourth-order valence-corrected chi connectivity index (χ4v) is 2.47. The van der Waals surface area contributed by atoms with Crippen molar-refractivity contribution in [3.05, 3.63) is 52.0 Å². The number of hydrogen-bond acceptors (Lipinski definition) is 3. The molecule has 0 aliphatic carbocycles. The molecule has 2 aromatic carbocycles. The van der Waals surface area contributed by atoms with Crippen LogP contribution in [0, 0.1) is 6.92 Å². The van der Waals surface area contributed by atoms with Crippen molar-refractivity contribution < 1.29 is 9.47 Å². The molecule has 0 fully saturated rings. The summed E-state index contributed by atoms with van der Waals surface area (Å²) in [6.45, 7) is 5.38. The smallest absolute Gasteiger partial charge is 0.161 e. The Morgan fingerprint density at radius 1 is 1.10 bits per heavy atom. The Kier molecular flexibility index (Phi) is 5.51. The molecular formula is C17H20BrNO2. The van der Waals surface area contributed by atoms with Gasteiger partial charge in [0.05, 0.1) is 13.7 Å². The first-order valence-corrected chi connectivity index (χ1v) is 7.73. The number of anilines is 1. The molecule has 0 heterocycles. The van der Waals surface area contributed by atoms with Gasteiger partial charge in [-0.05, 0) is 43.7 Å². The summed E-state index contributed by atoms with van der Waals surface area (Å²) in [5, 5.41) is 3.41. The lowest BCUT2D eigenvalue weighted by Gasteiger charge is -2.14. The minimum absolute atomic E-state index is 0.614. The molecule has 2 aromatic rings. The van der Waals surface area contributed by atoms with Gasteiger partial charge in [0.2, 0.25) is 0 Å². The predicted molar refractivity (Wildman–Crippen MR) is 90.4 cm³/mol. The molecule has 0 aromatic heterocycles. The number of hydrogen-bond donors (Lipinski definition) is 1. The first-order valence-electron chi connectivity index (χ1n) is 6.93. The molecule has 0 saturated heterocycles. The SMILES string of the molecule is CCOc1cc(CNc2ccc(C)cc2)c(Br)cc1OC. The van der Waals surface area contributed by atoms with E-state index in [1.165, 1.54) is 5.56 Å². The second-order valence-electron chi connectivity index (χ2n) is 4.75. The molecule has 0 radical (unpaired) electrons. The van der Waals surface area contributed by atoms with Crippen LogP contribution in [-0.2, 0) is 6.54 Å². The number of rotatable bonds is 6. The zero-order chi connectivity index (χ0) is 15.2. The Morgan fingerprint density at radius 3 is 2.43 bits per heavy atom. The van der Waals surface area contributed by atoms with Gasteiger partial charge in [0.25, 0.3) is 0 Å². The first-order chi connectivity index (χ1) is 10.1. The number of ether oxygens (including phenoxy) is 2. The molecule has 1 N–H and O–H groups in total. The lowest BCUT2D eigenvalue weighted by Crippen LogP contribution is -2.02. The van der Waals surface area contributed by atoms with Gasteiger partial charge in [0.1, 0.15) is 0 Å². The van der Waals surface area contributed by atoms with Crippen LogP contribution in [0.4, 0.5) is 5.69 Å². The van der Waals surface area contributed by atoms with Crippen LogP contribution >= 0.6 is 15.9 Å². The van der Waals surface area contributed by atoms with E-state index >= 15 is 0 Å². The lowest BCUT2D eigenvalue weighted by atomic mass is 10.2. The van der Waals surface area contributed by atoms with E-state index in [-0.39, 0.29) is 0 Å². The summed E-state index contributed by atoms with van der Waals surface area (Å²) in [7, 11) is 1.65. The van der Waals surface area contributed by atoms with Crippen molar-refractivity contribution in [2.45, 2.75) is 20.4 Å². The highest BCUT2D eigenvalue weighted by atomic mass is 79.9. The Balaban J connectivity index is 2.15. The molecule has 0 atom stereocenters. The van der Waals surface area contributed by atoms with E-state index in [1.807, 2.05) is 19.1 Å². The normalized spacial score (nSPS) is 10.3. The Labute approximate surface area is 134 Å². The highest BCUT2D eigenvalue weighted by molar-refractivity contribution is 9.10. The molecule has 0 bridgehead atoms. The molecule has 4 heteroatoms. The zero-order valence-corrected chi connectivity index (χ0v) is 14.2. The fourth-order valence-electron chi connectivity index (χ4n) is 2.01. The van der Waals surface area contributed by atoms with Crippen molar-refractivity contribution in [1.29, 1.82) is 0 Å². The second-order valence-corrected chi connectivity index (χ2v) is 5.60. The fraction of sp³-hybridized carbons (Fsp3) is 0.294. The minimum Gasteiger partial charge on any atom is -0.493 e. The van der Waals surface area contributed by atoms with E-state index in [1.54, 1.807) is 7.11 Å². The number of methoxy groups -OCH3 is 1. The number of nitrogens with one attached hydrogen (secondary N) is 1. The van der Waals surface area contributed by atoms with Crippen LogP contribution in [-0.4, -0.2) is 13.7 Å². The Hall–Kier alpha value is -1.68. The molecule has 0 saturated carbocycles. The average molecular weight is 350 g/mol. The summed E-state index contributed by atoms with van der Waals surface area (Å²) in [5.74, 6) is 1.51. The van der Waals surface area contributed by atoms with Crippen molar-refractivity contribution in [3.63, 3.8) is 0 Å². The van der Waals surface area contributed by atoms with E-state index in [2.05, 4.69) is 52.4 Å². The molecule has 21 heavy (non-hydrogen) atoms. The highest BCUT2D eigenvalue weighted by Crippen LogP contribution is 2.33. The number of halogens is 1. The van der Waals surface area contributed by atoms with E-state index in [4.69, 9.17) is 9.47 Å². The van der Waals surface area contributed by atoms with Gasteiger partial charge in [0.15, 0.2) is 11.5 Å². The van der Waals surface area contributed by atoms with Gasteiger partial charge in [-0.2, -0.15) is 0 Å². The predicted octanol–water partition coefficient (Wildman–Crippen LogP) is 4.78. The minimum atomic E-state index is 0.614. The van der Waals surface area contributed by atoms with Gasteiger partial charge in [0, 0.05) is 16.7 Å². The van der Waals surface area contributed by atoms with Gasteiger partial charge in [-0.25, -0.2) is 0 Å². The first kappa shape index (κ1) is 15.7. The maximum Gasteiger partial charge on any atom is 0.161 e. The summed E-state index contributed by atoms with van der Waals surface area (Å²) in [6, 6.07) is 12.3. The largest absolute Gasteiger partial charge is 0.493 e. The van der Waals surface area contributed by atoms with Gasteiger partial charge >= 0.3 is 0 Å². The second kappa shape index (κ2) is 7.36. The molecular weight excluding hydrogens is 330 g/mol. The molecule has 112 valence electrons. The van der Waals surface area contributed by atoms with Crippen molar-refractivity contribution in [2.24, 2.45) is 0 Å². The van der Waals surface area contributed by atoms with E-state index in [9.17, 15) is 0 Å². The summed E-state index contributed by atoms with van der Waals surface area (Å²) < 4.78 is 12.0. The lowest BCUT2D eigenvalue weighted by molar-refractivity contribution is 0.310. The number of aryl methyl sites for hydroxylation is 1. The summed E-state index contributed by atoms with van der Waals surface area (Å²) in [5.41, 5.74) is 3.48. The van der Waals surface area contributed by atoms with E-state index in [0.717, 1.165) is 27.2 Å². The van der Waals surface area contributed by atoms with Crippen molar-refractivity contribution in [2.75, 3.05) is 19.0 Å². The van der Waals surface area contributed by atoms with Gasteiger partial charge in [-0.3, -0.25) is 0 Å². The monoisotopic (exact) mass is 349 g/mol. The van der Waals surface area contributed by atoms with Crippen LogP contribution in [0.5, 0.6) is 11.5 Å². The molecule has 0 aliphatic heterocycles. The summed E-state index contributed by atoms with van der Waals surface area (Å²) in [6.07, 6.45) is 0. The molecule has 3 nitrogen and oxygen atoms in total. The Morgan fingerprint density at radius 2 is 1.81 bits per heavy atom. The maximum absolute atomic E-state index is 5.62. The summed E-state index contributed by atoms with van der Waals surface area (Å²) in [4.78, 5) is 0. The standard InChI is InChI=1S/C17H20BrNO2/c1-4-21-17-9-13(15(18)10-16(17)20-3)11-19-14-7-5-12(2)6-8-14/h5-10,19H,4,11H2,1-3H3. The van der Waals surface area contributed by atoms with Crippen LogP contribution in [0.3, 0.4) is 0 Å². The summed E-state index contributed by atoms with van der Waals surface area (Å²) >= 11 is 3.58. The number of benzene rings is 2. The van der Waals surface area contributed by atoms with Gasteiger partial charge < -0.3 is 14.8 Å². The van der Waals surface area contributed by atoms with E-state index in [0.29, 0.717) is 13.2 Å². The molecule has 0 unspecified atom stereocenters. The van der Waals surface area contributed by atoms with Crippen LogP contribution in [0.1, 0.15) is 18.1 Å². The third-order valence-corrected chi connectivity index (χ3v) is 3.91. The molecule has 2 rings (SSSR count). The maximum atomic E-state index is 5.62. The van der Waals surface area contributed by atoms with Crippen LogP contribution in [0.2, 0.25) is 0 Å². The molecule has 0 amide bonds. The van der Waals surface area contributed by atoms with Gasteiger partial charge in [-0.1, -0.05) is 33.6 Å². The third kappa shape index (κ3) is 4.14. The van der Waals surface area contributed by atoms with Crippen LogP contribution < -0.4 is 14.8 Å². The van der Waals surface area contributed by atoms with Crippen molar-refractivity contribution in [1.82, 2.24) is 0 Å². The van der Waals surface area contributed by atoms with E-state index < -0.39 is 0 Å². The Bertz CT molecular complexity index is 596. The van der Waals surface area contributed by atoms with Crippen LogP contribution in [0.15, 0.2) is 40.9 Å². The van der Waals surface area contributed by atoms with Crippen LogP contribution in [0.25, 0.3) is 0 Å². The topological polar surface area (TPSA) is 30.5 Å². The zero-order valence-electron chi connectivity index (χ0n) is 12.6. The third-order valence-electron chi connectivity index (χ3n) is 3.17. The molecule has 0 aliphatic rings. The average Bonchev–Trinajstić information content (AvgIpc) is 2.49.